The van der Waals surface area contributed by atoms with Crippen molar-refractivity contribution in [3.8, 4) is 22.8 Å². The highest BCUT2D eigenvalue weighted by atomic mass is 35.5. The summed E-state index contributed by atoms with van der Waals surface area (Å²) in [6.45, 7) is 0. The predicted octanol–water partition coefficient (Wildman–Crippen LogP) is 4.81. The van der Waals surface area contributed by atoms with Gasteiger partial charge in [0.25, 0.3) is 5.56 Å². The normalized spacial score (nSPS) is 10.8. The molecule has 0 radical (unpaired) electrons. The van der Waals surface area contributed by atoms with E-state index < -0.39 is 0 Å². The maximum absolute atomic E-state index is 12.2. The summed E-state index contributed by atoms with van der Waals surface area (Å²) in [6.07, 6.45) is 1.53. The summed E-state index contributed by atoms with van der Waals surface area (Å²) in [5.74, 6) is 0.865. The Morgan fingerprint density at radius 3 is 2.36 bits per heavy atom. The van der Waals surface area contributed by atoms with Gasteiger partial charge < -0.3 is 4.74 Å². The van der Waals surface area contributed by atoms with Crippen LogP contribution in [-0.2, 0) is 0 Å². The number of hydrogen-bond acceptors (Lipinski definition) is 3. The van der Waals surface area contributed by atoms with Crippen molar-refractivity contribution in [1.29, 1.82) is 0 Å². The predicted molar refractivity (Wildman–Crippen MR) is 98.4 cm³/mol. The minimum Gasteiger partial charge on any atom is -0.439 e. The smallest absolute Gasteiger partial charge is 0.261 e. The van der Waals surface area contributed by atoms with Gasteiger partial charge in [0.2, 0.25) is 5.88 Å². The van der Waals surface area contributed by atoms with Crippen molar-refractivity contribution in [3.05, 3.63) is 94.4 Å². The molecule has 0 saturated heterocycles. The third-order valence-corrected chi connectivity index (χ3v) is 4.01. The zero-order valence-electron chi connectivity index (χ0n) is 13.1. The second-order valence-electron chi connectivity index (χ2n) is 5.50. The van der Waals surface area contributed by atoms with E-state index in [-0.39, 0.29) is 11.4 Å². The SMILES string of the molecule is O=c1cc(Oc2ccc(-c3ccccc3)cc2)nc2ccc(Cl)cn12. The summed E-state index contributed by atoms with van der Waals surface area (Å²) in [7, 11) is 0. The molecule has 0 spiro atoms. The molecule has 5 heteroatoms. The van der Waals surface area contributed by atoms with E-state index in [2.05, 4.69) is 4.98 Å². The molecule has 0 fully saturated rings. The van der Waals surface area contributed by atoms with E-state index in [4.69, 9.17) is 16.3 Å². The van der Waals surface area contributed by atoms with Gasteiger partial charge in [-0.15, -0.1) is 0 Å². The number of nitrogens with zero attached hydrogens (tertiary/aromatic N) is 2. The van der Waals surface area contributed by atoms with Gasteiger partial charge in [0.05, 0.1) is 11.1 Å². The van der Waals surface area contributed by atoms with Gasteiger partial charge in [-0.25, -0.2) is 0 Å². The molecule has 2 heterocycles. The highest BCUT2D eigenvalue weighted by Gasteiger charge is 2.06. The molecule has 0 amide bonds. The first kappa shape index (κ1) is 15.4. The number of rotatable bonds is 3. The quantitative estimate of drug-likeness (QED) is 0.533. The summed E-state index contributed by atoms with van der Waals surface area (Å²) < 4.78 is 7.11. The average molecular weight is 349 g/mol. The van der Waals surface area contributed by atoms with Gasteiger partial charge in [0.15, 0.2) is 0 Å². The minimum absolute atomic E-state index is 0.247. The van der Waals surface area contributed by atoms with Gasteiger partial charge in [-0.3, -0.25) is 9.20 Å². The molecule has 0 N–H and O–H groups in total. The van der Waals surface area contributed by atoms with E-state index in [0.717, 1.165) is 11.1 Å². The molecule has 0 bridgehead atoms. The number of aromatic nitrogens is 2. The summed E-state index contributed by atoms with van der Waals surface area (Å²) in [5.41, 5.74) is 2.46. The Morgan fingerprint density at radius 1 is 0.880 bits per heavy atom. The van der Waals surface area contributed by atoms with Crippen LogP contribution in [0.3, 0.4) is 0 Å². The number of pyridine rings is 1. The lowest BCUT2D eigenvalue weighted by Gasteiger charge is -2.07. The van der Waals surface area contributed by atoms with Crippen LogP contribution in [0.25, 0.3) is 16.8 Å². The Morgan fingerprint density at radius 2 is 1.60 bits per heavy atom. The fourth-order valence-electron chi connectivity index (χ4n) is 2.57. The van der Waals surface area contributed by atoms with E-state index in [9.17, 15) is 4.79 Å². The van der Waals surface area contributed by atoms with Crippen LogP contribution >= 0.6 is 11.6 Å². The van der Waals surface area contributed by atoms with Gasteiger partial charge in [-0.1, -0.05) is 54.1 Å². The summed E-state index contributed by atoms with van der Waals surface area (Å²) in [5, 5.41) is 0.474. The van der Waals surface area contributed by atoms with Crippen LogP contribution in [-0.4, -0.2) is 9.38 Å². The molecule has 0 aliphatic carbocycles. The molecule has 2 aromatic carbocycles. The fourth-order valence-corrected chi connectivity index (χ4v) is 2.73. The molecular formula is C20H13ClN2O2. The third kappa shape index (κ3) is 3.25. The van der Waals surface area contributed by atoms with E-state index >= 15 is 0 Å². The Labute approximate surface area is 148 Å². The second kappa shape index (κ2) is 6.42. The Balaban J connectivity index is 1.63. The molecule has 0 aliphatic heterocycles. The molecule has 2 aromatic heterocycles. The molecule has 0 atom stereocenters. The lowest BCUT2D eigenvalue weighted by molar-refractivity contribution is 0.462. The molecule has 25 heavy (non-hydrogen) atoms. The van der Waals surface area contributed by atoms with Crippen LogP contribution in [0.4, 0.5) is 0 Å². The van der Waals surface area contributed by atoms with Crippen LogP contribution in [0, 0.1) is 0 Å². The summed E-state index contributed by atoms with van der Waals surface area (Å²) in [4.78, 5) is 16.5. The van der Waals surface area contributed by atoms with Crippen LogP contribution < -0.4 is 10.3 Å². The van der Waals surface area contributed by atoms with Gasteiger partial charge >= 0.3 is 0 Å². The van der Waals surface area contributed by atoms with Crippen LogP contribution in [0.5, 0.6) is 11.6 Å². The van der Waals surface area contributed by atoms with E-state index in [1.165, 1.54) is 16.7 Å². The molecular weight excluding hydrogens is 336 g/mol. The van der Waals surface area contributed by atoms with Crippen molar-refractivity contribution < 1.29 is 4.74 Å². The molecule has 4 rings (SSSR count). The van der Waals surface area contributed by atoms with Gasteiger partial charge in [-0.2, -0.15) is 4.98 Å². The minimum atomic E-state index is -0.247. The van der Waals surface area contributed by atoms with Crippen molar-refractivity contribution in [1.82, 2.24) is 9.38 Å². The Kier molecular flexibility index (Phi) is 3.96. The van der Waals surface area contributed by atoms with Crippen molar-refractivity contribution in [2.24, 2.45) is 0 Å². The van der Waals surface area contributed by atoms with E-state index in [0.29, 0.717) is 16.4 Å². The topological polar surface area (TPSA) is 43.6 Å². The number of fused-ring (bicyclic) bond motifs is 1. The Hall–Kier alpha value is -3.11. The summed E-state index contributed by atoms with van der Waals surface area (Å²) >= 11 is 5.91. The van der Waals surface area contributed by atoms with Crippen molar-refractivity contribution >= 4 is 17.2 Å². The van der Waals surface area contributed by atoms with E-state index in [1.807, 2.05) is 54.6 Å². The van der Waals surface area contributed by atoms with Crippen LogP contribution in [0.1, 0.15) is 0 Å². The van der Waals surface area contributed by atoms with Crippen LogP contribution in [0.15, 0.2) is 83.8 Å². The molecule has 0 aliphatic rings. The fraction of sp³-hybridized carbons (Fsp3) is 0. The highest BCUT2D eigenvalue weighted by Crippen LogP contribution is 2.24. The number of benzene rings is 2. The molecule has 0 saturated carbocycles. The first-order valence-electron chi connectivity index (χ1n) is 7.71. The van der Waals surface area contributed by atoms with Gasteiger partial charge in [0, 0.05) is 6.20 Å². The average Bonchev–Trinajstić information content (AvgIpc) is 2.64. The first-order valence-corrected chi connectivity index (χ1v) is 8.09. The van der Waals surface area contributed by atoms with Gasteiger partial charge in [0.1, 0.15) is 11.4 Å². The zero-order valence-corrected chi connectivity index (χ0v) is 13.9. The molecule has 0 unspecified atom stereocenters. The zero-order chi connectivity index (χ0) is 17.2. The monoisotopic (exact) mass is 348 g/mol. The largest absolute Gasteiger partial charge is 0.439 e. The second-order valence-corrected chi connectivity index (χ2v) is 5.94. The summed E-state index contributed by atoms with van der Waals surface area (Å²) in [6, 6.07) is 22.4. The van der Waals surface area contributed by atoms with Crippen molar-refractivity contribution in [3.63, 3.8) is 0 Å². The standard InChI is InChI=1S/C20H13ClN2O2/c21-16-8-11-18-22-19(12-20(24)23(18)13-16)25-17-9-6-15(7-10-17)14-4-2-1-3-5-14/h1-13H. The lowest BCUT2D eigenvalue weighted by Crippen LogP contribution is -2.13. The maximum Gasteiger partial charge on any atom is 0.261 e. The van der Waals surface area contributed by atoms with Crippen molar-refractivity contribution in [2.45, 2.75) is 0 Å². The molecule has 4 aromatic rings. The highest BCUT2D eigenvalue weighted by molar-refractivity contribution is 6.30. The number of hydrogen-bond donors (Lipinski definition) is 0. The third-order valence-electron chi connectivity index (χ3n) is 3.78. The Bertz CT molecular complexity index is 1090. The number of ether oxygens (including phenoxy) is 1. The molecule has 4 nitrogen and oxygen atoms in total. The van der Waals surface area contributed by atoms with E-state index in [1.54, 1.807) is 12.1 Å². The van der Waals surface area contributed by atoms with Crippen molar-refractivity contribution in [2.75, 3.05) is 0 Å². The molecule has 122 valence electrons. The van der Waals surface area contributed by atoms with Gasteiger partial charge in [-0.05, 0) is 35.4 Å². The maximum atomic E-state index is 12.2. The number of halogens is 1. The lowest BCUT2D eigenvalue weighted by atomic mass is 10.1. The van der Waals surface area contributed by atoms with Crippen LogP contribution in [0.2, 0.25) is 5.02 Å². The first-order chi connectivity index (χ1) is 12.2.